The number of nitrogens with zero attached hydrogens (tertiary/aromatic N) is 1. The second-order valence-electron chi connectivity index (χ2n) is 6.76. The number of hydrogen-bond donors (Lipinski definition) is 1. The van der Waals surface area contributed by atoms with Crippen molar-refractivity contribution < 1.29 is 13.9 Å². The summed E-state index contributed by atoms with van der Waals surface area (Å²) in [4.78, 5) is 26.9. The highest BCUT2D eigenvalue weighted by Crippen LogP contribution is 2.24. The number of carbonyl (C=O) groups is 1. The summed E-state index contributed by atoms with van der Waals surface area (Å²) < 4.78 is 10.8. The van der Waals surface area contributed by atoms with E-state index in [1.165, 1.54) is 0 Å². The van der Waals surface area contributed by atoms with Gasteiger partial charge in [0.1, 0.15) is 11.3 Å². The fourth-order valence-corrected chi connectivity index (χ4v) is 3.64. The molecule has 2 fully saturated rings. The normalized spacial score (nSPS) is 22.6. The Kier molecular flexibility index (Phi) is 5.36. The van der Waals surface area contributed by atoms with Gasteiger partial charge in [0.25, 0.3) is 5.91 Å². The Bertz CT molecular complexity index is 641. The summed E-state index contributed by atoms with van der Waals surface area (Å²) in [6.45, 7) is 4.88. The molecule has 0 bridgehead atoms. The van der Waals surface area contributed by atoms with Crippen molar-refractivity contribution in [2.75, 3.05) is 33.3 Å². The van der Waals surface area contributed by atoms with Crippen molar-refractivity contribution in [1.82, 2.24) is 10.2 Å². The number of nitrogens with one attached hydrogen (secondary N) is 1. The van der Waals surface area contributed by atoms with Gasteiger partial charge in [-0.3, -0.25) is 4.79 Å². The number of rotatable bonds is 3. The molecule has 132 valence electrons. The molecule has 1 aromatic heterocycles. The molecule has 2 aliphatic heterocycles. The molecule has 6 nitrogen and oxygen atoms in total. The molecule has 0 radical (unpaired) electrons. The van der Waals surface area contributed by atoms with Crippen LogP contribution < -0.4 is 10.9 Å². The van der Waals surface area contributed by atoms with Crippen LogP contribution in [0.4, 0.5) is 0 Å². The minimum absolute atomic E-state index is 0.179. The summed E-state index contributed by atoms with van der Waals surface area (Å²) in [5.41, 5.74) is 0.388. The Balaban J connectivity index is 1.78. The van der Waals surface area contributed by atoms with Gasteiger partial charge in [0.2, 0.25) is 0 Å². The highest BCUT2D eigenvalue weighted by molar-refractivity contribution is 5.95. The van der Waals surface area contributed by atoms with Crippen molar-refractivity contribution in [3.8, 4) is 0 Å². The van der Waals surface area contributed by atoms with Crippen LogP contribution in [0.1, 0.15) is 53.3 Å². The van der Waals surface area contributed by atoms with Gasteiger partial charge in [-0.15, -0.1) is 0 Å². The summed E-state index contributed by atoms with van der Waals surface area (Å²) in [5, 5.41) is 3.32. The molecular weight excluding hydrogens is 308 g/mol. The summed E-state index contributed by atoms with van der Waals surface area (Å²) in [5.74, 6) is 0.690. The van der Waals surface area contributed by atoms with Gasteiger partial charge in [-0.05, 0) is 50.8 Å². The average molecular weight is 334 g/mol. The van der Waals surface area contributed by atoms with E-state index in [4.69, 9.17) is 9.15 Å². The fourth-order valence-electron chi connectivity index (χ4n) is 3.64. The van der Waals surface area contributed by atoms with E-state index >= 15 is 0 Å². The van der Waals surface area contributed by atoms with Gasteiger partial charge >= 0.3 is 5.63 Å². The number of amides is 1. The van der Waals surface area contributed by atoms with Crippen molar-refractivity contribution in [3.63, 3.8) is 0 Å². The van der Waals surface area contributed by atoms with E-state index in [0.29, 0.717) is 24.4 Å². The van der Waals surface area contributed by atoms with Crippen LogP contribution in [-0.4, -0.2) is 50.2 Å². The number of piperidine rings is 2. The molecule has 1 N–H and O–H groups in total. The van der Waals surface area contributed by atoms with Crippen molar-refractivity contribution in [1.29, 1.82) is 0 Å². The van der Waals surface area contributed by atoms with Crippen LogP contribution in [0, 0.1) is 6.92 Å². The van der Waals surface area contributed by atoms with Gasteiger partial charge in [0, 0.05) is 32.7 Å². The van der Waals surface area contributed by atoms with Crippen LogP contribution >= 0.6 is 0 Å². The summed E-state index contributed by atoms with van der Waals surface area (Å²) in [6.07, 6.45) is 3.89. The number of carbonyl (C=O) groups excluding carboxylic acids is 1. The highest BCUT2D eigenvalue weighted by Gasteiger charge is 2.28. The van der Waals surface area contributed by atoms with Crippen LogP contribution in [0.5, 0.6) is 0 Å². The molecule has 24 heavy (non-hydrogen) atoms. The van der Waals surface area contributed by atoms with E-state index in [-0.39, 0.29) is 23.5 Å². The zero-order valence-corrected chi connectivity index (χ0v) is 14.5. The van der Waals surface area contributed by atoms with E-state index < -0.39 is 5.63 Å². The van der Waals surface area contributed by atoms with Crippen LogP contribution in [0.3, 0.4) is 0 Å². The first kappa shape index (κ1) is 17.2. The monoisotopic (exact) mass is 334 g/mol. The van der Waals surface area contributed by atoms with E-state index in [1.807, 2.05) is 13.0 Å². The zero-order valence-electron chi connectivity index (χ0n) is 14.5. The molecule has 1 amide bonds. The maximum Gasteiger partial charge on any atom is 0.349 e. The Morgan fingerprint density at radius 3 is 2.67 bits per heavy atom. The van der Waals surface area contributed by atoms with Crippen molar-refractivity contribution >= 4 is 5.91 Å². The average Bonchev–Trinajstić information content (AvgIpc) is 2.61. The largest absolute Gasteiger partial charge is 0.427 e. The van der Waals surface area contributed by atoms with Crippen LogP contribution in [-0.2, 0) is 4.74 Å². The molecule has 2 saturated heterocycles. The van der Waals surface area contributed by atoms with Gasteiger partial charge < -0.3 is 19.4 Å². The quantitative estimate of drug-likeness (QED) is 0.910. The molecule has 0 spiro atoms. The van der Waals surface area contributed by atoms with Crippen LogP contribution in [0.15, 0.2) is 15.3 Å². The van der Waals surface area contributed by atoms with Gasteiger partial charge in [0.05, 0.1) is 6.10 Å². The van der Waals surface area contributed by atoms with Gasteiger partial charge in [0.15, 0.2) is 0 Å². The Morgan fingerprint density at radius 2 is 2.08 bits per heavy atom. The summed E-state index contributed by atoms with van der Waals surface area (Å²) in [7, 11) is 1.69. The molecular formula is C18H26N2O4. The van der Waals surface area contributed by atoms with Gasteiger partial charge in [-0.25, -0.2) is 4.79 Å². The lowest BCUT2D eigenvalue weighted by Crippen LogP contribution is -2.42. The van der Waals surface area contributed by atoms with E-state index in [1.54, 1.807) is 12.0 Å². The minimum Gasteiger partial charge on any atom is -0.427 e. The second-order valence-corrected chi connectivity index (χ2v) is 6.76. The predicted molar refractivity (Wildman–Crippen MR) is 90.5 cm³/mol. The maximum absolute atomic E-state index is 12.7. The molecule has 3 heterocycles. The number of likely N-dealkylation sites (tertiary alicyclic amines) is 1. The molecule has 0 aromatic carbocycles. The van der Waals surface area contributed by atoms with E-state index in [2.05, 4.69) is 5.32 Å². The third kappa shape index (κ3) is 3.54. The first-order valence-electron chi connectivity index (χ1n) is 8.77. The van der Waals surface area contributed by atoms with Crippen LogP contribution in [0.2, 0.25) is 0 Å². The molecule has 0 aliphatic carbocycles. The Morgan fingerprint density at radius 1 is 1.33 bits per heavy atom. The van der Waals surface area contributed by atoms with Gasteiger partial charge in [-0.2, -0.15) is 0 Å². The third-order valence-electron chi connectivity index (χ3n) is 5.14. The highest BCUT2D eigenvalue weighted by atomic mass is 16.5. The molecule has 1 unspecified atom stereocenters. The predicted octanol–water partition coefficient (Wildman–Crippen LogP) is 1.67. The van der Waals surface area contributed by atoms with Crippen molar-refractivity contribution in [2.24, 2.45) is 0 Å². The first-order valence-corrected chi connectivity index (χ1v) is 8.77. The molecule has 1 atom stereocenters. The standard InChI is InChI=1S/C18H26N2O4/c1-12-10-15(13-4-3-7-19-11-13)24-18(22)16(12)17(21)20-8-5-14(23-2)6-9-20/h10,13-14,19H,3-9,11H2,1-2H3. The van der Waals surface area contributed by atoms with Crippen molar-refractivity contribution in [3.05, 3.63) is 33.4 Å². The third-order valence-corrected chi connectivity index (χ3v) is 5.14. The molecule has 6 heteroatoms. The number of ether oxygens (including phenoxy) is 1. The van der Waals surface area contributed by atoms with E-state index in [9.17, 15) is 9.59 Å². The molecule has 3 rings (SSSR count). The number of methoxy groups -OCH3 is 1. The summed E-state index contributed by atoms with van der Waals surface area (Å²) >= 11 is 0. The second kappa shape index (κ2) is 7.49. The van der Waals surface area contributed by atoms with Crippen LogP contribution in [0.25, 0.3) is 0 Å². The topological polar surface area (TPSA) is 71.8 Å². The van der Waals surface area contributed by atoms with Crippen molar-refractivity contribution in [2.45, 2.75) is 44.6 Å². The lowest BCUT2D eigenvalue weighted by atomic mass is 9.95. The Labute approximate surface area is 142 Å². The maximum atomic E-state index is 12.7. The lowest BCUT2D eigenvalue weighted by molar-refractivity contribution is 0.0348. The number of hydrogen-bond acceptors (Lipinski definition) is 5. The lowest BCUT2D eigenvalue weighted by Gasteiger charge is -2.31. The molecule has 0 saturated carbocycles. The molecule has 2 aliphatic rings. The van der Waals surface area contributed by atoms with Gasteiger partial charge in [-0.1, -0.05) is 0 Å². The van der Waals surface area contributed by atoms with E-state index in [0.717, 1.165) is 38.8 Å². The first-order chi connectivity index (χ1) is 11.6. The minimum atomic E-state index is -0.505. The smallest absolute Gasteiger partial charge is 0.349 e. The summed E-state index contributed by atoms with van der Waals surface area (Å²) in [6, 6.07) is 1.87. The SMILES string of the molecule is COC1CCN(C(=O)c2c(C)cc(C3CCCNC3)oc2=O)CC1. The molecule has 1 aromatic rings. The number of aryl methyl sites for hydroxylation is 1. The zero-order chi connectivity index (χ0) is 17.1. The fraction of sp³-hybridized carbons (Fsp3) is 0.667. The Hall–Kier alpha value is -1.66.